The molecule has 1 aromatic heterocycles. The third-order valence-corrected chi connectivity index (χ3v) is 4.43. The van der Waals surface area contributed by atoms with E-state index < -0.39 is 11.4 Å². The number of H-pyrrole nitrogens is 1. The van der Waals surface area contributed by atoms with Crippen molar-refractivity contribution in [2.24, 2.45) is 0 Å². The summed E-state index contributed by atoms with van der Waals surface area (Å²) < 4.78 is 19.4. The lowest BCUT2D eigenvalue weighted by atomic mass is 9.94. The van der Waals surface area contributed by atoms with Crippen LogP contribution in [0.15, 0.2) is 48.7 Å². The molecule has 0 saturated heterocycles. The van der Waals surface area contributed by atoms with E-state index in [0.717, 1.165) is 16.5 Å². The number of amides is 1. The Morgan fingerprint density at radius 2 is 2.12 bits per heavy atom. The highest BCUT2D eigenvalue weighted by molar-refractivity contribution is 5.86. The van der Waals surface area contributed by atoms with Crippen molar-refractivity contribution in [3.8, 4) is 0 Å². The quantitative estimate of drug-likeness (QED) is 0.724. The van der Waals surface area contributed by atoms with Gasteiger partial charge in [-0.05, 0) is 37.1 Å². The maximum atomic E-state index is 14.1. The van der Waals surface area contributed by atoms with Gasteiger partial charge in [-0.25, -0.2) is 4.39 Å². The number of carbonyl (C=O) groups excluding carboxylic acids is 1. The zero-order chi connectivity index (χ0) is 17.9. The van der Waals surface area contributed by atoms with E-state index in [9.17, 15) is 9.18 Å². The highest BCUT2D eigenvalue weighted by Crippen LogP contribution is 2.27. The first-order valence-electron chi connectivity index (χ1n) is 8.05. The first kappa shape index (κ1) is 17.1. The molecule has 2 aromatic carbocycles. The lowest BCUT2D eigenvalue weighted by Gasteiger charge is -2.27. The largest absolute Gasteiger partial charge is 0.364 e. The normalized spacial score (nSPS) is 13.6. The fraction of sp³-hybridized carbons (Fsp3) is 0.263. The van der Waals surface area contributed by atoms with Crippen molar-refractivity contribution in [2.75, 3.05) is 13.7 Å². The van der Waals surface area contributed by atoms with Gasteiger partial charge in [0.15, 0.2) is 5.60 Å². The van der Waals surface area contributed by atoms with E-state index in [1.54, 1.807) is 31.3 Å². The Morgan fingerprint density at radius 3 is 2.88 bits per heavy atom. The molecule has 0 aliphatic rings. The standard InChI is InChI=1S/C19H20FN3O2/c1-19(25-2,15-5-3-4-6-16(15)20)18(24)21-10-9-13-7-8-17-14(11-13)12-22-23-17/h3-8,11-12H,9-10H2,1-2H3,(H,21,24)(H,22,23)/t19-/m0/s1. The minimum absolute atomic E-state index is 0.217. The Bertz CT molecular complexity index is 893. The molecule has 0 spiro atoms. The van der Waals surface area contributed by atoms with Gasteiger partial charge in [0.25, 0.3) is 5.91 Å². The van der Waals surface area contributed by atoms with Crippen molar-refractivity contribution in [1.29, 1.82) is 0 Å². The third kappa shape index (κ3) is 3.39. The fourth-order valence-electron chi connectivity index (χ4n) is 2.81. The molecular formula is C19H20FN3O2. The molecule has 1 amide bonds. The van der Waals surface area contributed by atoms with Crippen LogP contribution in [0.1, 0.15) is 18.1 Å². The number of halogens is 1. The Hall–Kier alpha value is -2.73. The van der Waals surface area contributed by atoms with Crippen molar-refractivity contribution in [3.05, 3.63) is 65.6 Å². The number of nitrogens with zero attached hydrogens (tertiary/aromatic N) is 1. The number of carbonyl (C=O) groups is 1. The summed E-state index contributed by atoms with van der Waals surface area (Å²) in [5.41, 5.74) is 0.896. The van der Waals surface area contributed by atoms with Gasteiger partial charge in [0.1, 0.15) is 5.82 Å². The smallest absolute Gasteiger partial charge is 0.256 e. The van der Waals surface area contributed by atoms with Gasteiger partial charge in [-0.1, -0.05) is 24.3 Å². The molecule has 1 atom stereocenters. The molecule has 0 unspecified atom stereocenters. The highest BCUT2D eigenvalue weighted by atomic mass is 19.1. The van der Waals surface area contributed by atoms with Crippen molar-refractivity contribution < 1.29 is 13.9 Å². The summed E-state index contributed by atoms with van der Waals surface area (Å²) >= 11 is 0. The number of rotatable bonds is 6. The number of hydrogen-bond donors (Lipinski definition) is 2. The van der Waals surface area contributed by atoms with Crippen LogP contribution in [-0.4, -0.2) is 29.8 Å². The summed E-state index contributed by atoms with van der Waals surface area (Å²) in [4.78, 5) is 12.6. The van der Waals surface area contributed by atoms with Gasteiger partial charge in [0.2, 0.25) is 0 Å². The van der Waals surface area contributed by atoms with E-state index in [4.69, 9.17) is 4.74 Å². The Labute approximate surface area is 145 Å². The number of methoxy groups -OCH3 is 1. The van der Waals surface area contributed by atoms with Gasteiger partial charge in [-0.3, -0.25) is 9.89 Å². The number of benzene rings is 2. The van der Waals surface area contributed by atoms with E-state index in [-0.39, 0.29) is 11.5 Å². The summed E-state index contributed by atoms with van der Waals surface area (Å²) in [5, 5.41) is 10.8. The maximum absolute atomic E-state index is 14.1. The lowest BCUT2D eigenvalue weighted by molar-refractivity contribution is -0.142. The van der Waals surface area contributed by atoms with Gasteiger partial charge in [0, 0.05) is 24.6 Å². The Balaban J connectivity index is 1.67. The molecule has 0 aliphatic carbocycles. The highest BCUT2D eigenvalue weighted by Gasteiger charge is 2.37. The Kier molecular flexibility index (Phi) is 4.81. The molecule has 0 bridgehead atoms. The molecule has 3 rings (SSSR count). The molecule has 0 aliphatic heterocycles. The second-order valence-corrected chi connectivity index (χ2v) is 6.01. The van der Waals surface area contributed by atoms with Crippen LogP contribution >= 0.6 is 0 Å². The first-order valence-corrected chi connectivity index (χ1v) is 8.05. The molecule has 25 heavy (non-hydrogen) atoms. The summed E-state index contributed by atoms with van der Waals surface area (Å²) in [6, 6.07) is 12.1. The summed E-state index contributed by atoms with van der Waals surface area (Å²) in [6.07, 6.45) is 2.42. The van der Waals surface area contributed by atoms with Crippen molar-refractivity contribution in [2.45, 2.75) is 18.9 Å². The van der Waals surface area contributed by atoms with Gasteiger partial charge >= 0.3 is 0 Å². The molecular weight excluding hydrogens is 321 g/mol. The molecule has 0 saturated carbocycles. The predicted molar refractivity (Wildman–Crippen MR) is 93.6 cm³/mol. The summed E-state index contributed by atoms with van der Waals surface area (Å²) in [7, 11) is 1.40. The van der Waals surface area contributed by atoms with E-state index in [1.165, 1.54) is 13.2 Å². The number of ether oxygens (including phenoxy) is 1. The van der Waals surface area contributed by atoms with Crippen LogP contribution < -0.4 is 5.32 Å². The number of aromatic amines is 1. The summed E-state index contributed by atoms with van der Waals surface area (Å²) in [6.45, 7) is 1.99. The van der Waals surface area contributed by atoms with Gasteiger partial charge in [-0.15, -0.1) is 0 Å². The van der Waals surface area contributed by atoms with Crippen LogP contribution in [0.25, 0.3) is 10.9 Å². The second kappa shape index (κ2) is 7.03. The van der Waals surface area contributed by atoms with Crippen LogP contribution in [-0.2, 0) is 21.6 Å². The molecule has 130 valence electrons. The van der Waals surface area contributed by atoms with Gasteiger partial charge in [-0.2, -0.15) is 5.10 Å². The van der Waals surface area contributed by atoms with Crippen LogP contribution in [0.3, 0.4) is 0 Å². The molecule has 0 fully saturated rings. The van der Waals surface area contributed by atoms with E-state index in [1.807, 2.05) is 18.2 Å². The SMILES string of the molecule is CO[C@](C)(C(=O)NCCc1ccc2[nH]ncc2c1)c1ccccc1F. The summed E-state index contributed by atoms with van der Waals surface area (Å²) in [5.74, 6) is -0.836. The van der Waals surface area contributed by atoms with Crippen molar-refractivity contribution >= 4 is 16.8 Å². The zero-order valence-electron chi connectivity index (χ0n) is 14.2. The van der Waals surface area contributed by atoms with Crippen molar-refractivity contribution in [3.63, 3.8) is 0 Å². The molecule has 1 heterocycles. The Morgan fingerprint density at radius 1 is 1.32 bits per heavy atom. The average molecular weight is 341 g/mol. The van der Waals surface area contributed by atoms with E-state index in [0.29, 0.717) is 13.0 Å². The van der Waals surface area contributed by atoms with Crippen LogP contribution in [0, 0.1) is 5.82 Å². The van der Waals surface area contributed by atoms with Gasteiger partial charge < -0.3 is 10.1 Å². The molecule has 6 heteroatoms. The first-order chi connectivity index (χ1) is 12.0. The third-order valence-electron chi connectivity index (χ3n) is 4.43. The topological polar surface area (TPSA) is 67.0 Å². The van der Waals surface area contributed by atoms with Crippen LogP contribution in [0.4, 0.5) is 4.39 Å². The van der Waals surface area contributed by atoms with Crippen LogP contribution in [0.2, 0.25) is 0 Å². The maximum Gasteiger partial charge on any atom is 0.256 e. The minimum atomic E-state index is -1.38. The monoisotopic (exact) mass is 341 g/mol. The number of hydrogen-bond acceptors (Lipinski definition) is 3. The van der Waals surface area contributed by atoms with E-state index in [2.05, 4.69) is 15.5 Å². The van der Waals surface area contributed by atoms with Crippen molar-refractivity contribution in [1.82, 2.24) is 15.5 Å². The number of fused-ring (bicyclic) bond motifs is 1. The second-order valence-electron chi connectivity index (χ2n) is 6.01. The molecule has 5 nitrogen and oxygen atoms in total. The average Bonchev–Trinajstić information content (AvgIpc) is 3.09. The molecule has 0 radical (unpaired) electrons. The van der Waals surface area contributed by atoms with Crippen LogP contribution in [0.5, 0.6) is 0 Å². The van der Waals surface area contributed by atoms with Gasteiger partial charge in [0.05, 0.1) is 11.7 Å². The lowest BCUT2D eigenvalue weighted by Crippen LogP contribution is -2.44. The molecule has 2 N–H and O–H groups in total. The molecule has 3 aromatic rings. The van der Waals surface area contributed by atoms with E-state index >= 15 is 0 Å². The zero-order valence-corrected chi connectivity index (χ0v) is 14.2. The number of nitrogens with one attached hydrogen (secondary N) is 2. The number of aromatic nitrogens is 2. The fourth-order valence-corrected chi connectivity index (χ4v) is 2.81. The minimum Gasteiger partial charge on any atom is -0.364 e. The predicted octanol–water partition coefficient (Wildman–Crippen LogP) is 2.92.